The molecule has 1 aromatic rings. The van der Waals surface area contributed by atoms with Crippen molar-refractivity contribution in [3.8, 4) is 5.88 Å². The Morgan fingerprint density at radius 1 is 1.33 bits per heavy atom. The van der Waals surface area contributed by atoms with Gasteiger partial charge in [-0.3, -0.25) is 4.79 Å². The van der Waals surface area contributed by atoms with E-state index in [1.165, 1.54) is 0 Å². The average molecular weight is 294 g/mol. The summed E-state index contributed by atoms with van der Waals surface area (Å²) in [6, 6.07) is 3.68. The van der Waals surface area contributed by atoms with Crippen molar-refractivity contribution in [2.24, 2.45) is 5.92 Å². The molecule has 0 saturated heterocycles. The number of aromatic nitrogens is 1. The van der Waals surface area contributed by atoms with Crippen LogP contribution in [-0.4, -0.2) is 30.1 Å². The number of nitrogens with two attached hydrogens (primary N) is 1. The van der Waals surface area contributed by atoms with Crippen LogP contribution in [0, 0.1) is 5.92 Å². The van der Waals surface area contributed by atoms with Gasteiger partial charge in [0.15, 0.2) is 0 Å². The third kappa shape index (κ3) is 6.83. The highest BCUT2D eigenvalue weighted by Gasteiger charge is 2.07. The number of anilines is 2. The molecule has 0 aromatic carbocycles. The van der Waals surface area contributed by atoms with Crippen LogP contribution in [0.5, 0.6) is 5.88 Å². The van der Waals surface area contributed by atoms with E-state index in [0.29, 0.717) is 42.9 Å². The number of hydrogen-bond donors (Lipinski definition) is 3. The van der Waals surface area contributed by atoms with Crippen LogP contribution in [0.1, 0.15) is 34.1 Å². The van der Waals surface area contributed by atoms with Crippen molar-refractivity contribution in [1.29, 1.82) is 0 Å². The summed E-state index contributed by atoms with van der Waals surface area (Å²) in [5.41, 5.74) is 6.34. The zero-order chi connectivity index (χ0) is 15.8. The molecule has 0 fully saturated rings. The van der Waals surface area contributed by atoms with Gasteiger partial charge >= 0.3 is 0 Å². The molecule has 118 valence electrons. The first-order valence-electron chi connectivity index (χ1n) is 7.31. The second-order valence-electron chi connectivity index (χ2n) is 5.69. The predicted molar refractivity (Wildman–Crippen MR) is 85.4 cm³/mol. The summed E-state index contributed by atoms with van der Waals surface area (Å²) in [5, 5.41) is 5.93. The van der Waals surface area contributed by atoms with Crippen molar-refractivity contribution < 1.29 is 9.53 Å². The third-order valence-corrected chi connectivity index (χ3v) is 2.55. The number of pyridine rings is 1. The van der Waals surface area contributed by atoms with Crippen LogP contribution < -0.4 is 21.1 Å². The fraction of sp³-hybridized carbons (Fsp3) is 0.600. The van der Waals surface area contributed by atoms with E-state index >= 15 is 0 Å². The van der Waals surface area contributed by atoms with Gasteiger partial charge < -0.3 is 21.1 Å². The SMILES string of the molecule is CC(C)COc1nc(NCCC(=O)NC(C)C)ccc1N. The van der Waals surface area contributed by atoms with Crippen molar-refractivity contribution >= 4 is 17.4 Å². The zero-order valence-corrected chi connectivity index (χ0v) is 13.3. The van der Waals surface area contributed by atoms with Gasteiger partial charge in [-0.2, -0.15) is 4.98 Å². The molecule has 0 radical (unpaired) electrons. The number of carbonyl (C=O) groups is 1. The lowest BCUT2D eigenvalue weighted by molar-refractivity contribution is -0.121. The minimum Gasteiger partial charge on any atom is -0.476 e. The van der Waals surface area contributed by atoms with Crippen LogP contribution in [0.15, 0.2) is 12.1 Å². The van der Waals surface area contributed by atoms with E-state index in [4.69, 9.17) is 10.5 Å². The Bertz CT molecular complexity index is 461. The molecule has 0 atom stereocenters. The molecule has 1 rings (SSSR count). The van der Waals surface area contributed by atoms with Crippen LogP contribution in [0.4, 0.5) is 11.5 Å². The van der Waals surface area contributed by atoms with Gasteiger partial charge in [0.05, 0.1) is 12.3 Å². The molecule has 0 aliphatic heterocycles. The van der Waals surface area contributed by atoms with Gasteiger partial charge in [-0.15, -0.1) is 0 Å². The molecule has 0 spiro atoms. The number of amides is 1. The summed E-state index contributed by atoms with van der Waals surface area (Å²) in [5.74, 6) is 1.51. The summed E-state index contributed by atoms with van der Waals surface area (Å²) in [6.07, 6.45) is 0.395. The lowest BCUT2D eigenvalue weighted by Gasteiger charge is -2.12. The number of ether oxygens (including phenoxy) is 1. The predicted octanol–water partition coefficient (Wildman–Crippen LogP) is 2.03. The molecule has 0 aliphatic carbocycles. The number of nitrogens with one attached hydrogen (secondary N) is 2. The summed E-state index contributed by atoms with van der Waals surface area (Å²) >= 11 is 0. The summed E-state index contributed by atoms with van der Waals surface area (Å²) in [6.45, 7) is 9.07. The maximum atomic E-state index is 11.5. The number of rotatable bonds is 8. The Labute approximate surface area is 126 Å². The lowest BCUT2D eigenvalue weighted by Crippen LogP contribution is -2.31. The van der Waals surface area contributed by atoms with Gasteiger partial charge in [-0.25, -0.2) is 0 Å². The molecule has 0 aliphatic rings. The van der Waals surface area contributed by atoms with E-state index in [1.54, 1.807) is 12.1 Å². The van der Waals surface area contributed by atoms with Crippen molar-refractivity contribution in [1.82, 2.24) is 10.3 Å². The smallest absolute Gasteiger partial charge is 0.239 e. The van der Waals surface area contributed by atoms with E-state index < -0.39 is 0 Å². The molecule has 0 bridgehead atoms. The van der Waals surface area contributed by atoms with Crippen LogP contribution in [0.3, 0.4) is 0 Å². The van der Waals surface area contributed by atoms with Gasteiger partial charge in [-0.05, 0) is 31.9 Å². The maximum absolute atomic E-state index is 11.5. The minimum absolute atomic E-state index is 0.0178. The molecule has 1 heterocycles. The second-order valence-corrected chi connectivity index (χ2v) is 5.69. The standard InChI is InChI=1S/C15H26N4O2/c1-10(2)9-21-15-12(16)5-6-13(19-15)17-8-7-14(20)18-11(3)4/h5-6,10-11H,7-9,16H2,1-4H3,(H,17,19)(H,18,20). The highest BCUT2D eigenvalue weighted by Crippen LogP contribution is 2.21. The van der Waals surface area contributed by atoms with Crippen molar-refractivity contribution in [3.63, 3.8) is 0 Å². The molecule has 0 saturated carbocycles. The number of carbonyl (C=O) groups excluding carboxylic acids is 1. The molecular formula is C15H26N4O2. The fourth-order valence-corrected chi connectivity index (χ4v) is 1.61. The number of nitrogen functional groups attached to an aromatic ring is 1. The van der Waals surface area contributed by atoms with Gasteiger partial charge in [0.25, 0.3) is 0 Å². The molecule has 6 nitrogen and oxygen atoms in total. The molecule has 1 aromatic heterocycles. The molecule has 4 N–H and O–H groups in total. The van der Waals surface area contributed by atoms with Crippen molar-refractivity contribution in [3.05, 3.63) is 12.1 Å². The van der Waals surface area contributed by atoms with Gasteiger partial charge in [-0.1, -0.05) is 13.8 Å². The molecule has 0 unspecified atom stereocenters. The number of hydrogen-bond acceptors (Lipinski definition) is 5. The van der Waals surface area contributed by atoms with Crippen LogP contribution in [0.2, 0.25) is 0 Å². The summed E-state index contributed by atoms with van der Waals surface area (Å²) in [4.78, 5) is 15.8. The van der Waals surface area contributed by atoms with E-state index in [9.17, 15) is 4.79 Å². The third-order valence-electron chi connectivity index (χ3n) is 2.55. The lowest BCUT2D eigenvalue weighted by atomic mass is 10.2. The van der Waals surface area contributed by atoms with E-state index in [0.717, 1.165) is 0 Å². The largest absolute Gasteiger partial charge is 0.476 e. The van der Waals surface area contributed by atoms with E-state index in [2.05, 4.69) is 29.5 Å². The fourth-order valence-electron chi connectivity index (χ4n) is 1.61. The first-order chi connectivity index (χ1) is 9.88. The minimum atomic E-state index is 0.0178. The second kappa shape index (κ2) is 8.34. The zero-order valence-electron chi connectivity index (χ0n) is 13.3. The monoisotopic (exact) mass is 294 g/mol. The summed E-state index contributed by atoms with van der Waals surface area (Å²) < 4.78 is 5.56. The van der Waals surface area contributed by atoms with Crippen LogP contribution >= 0.6 is 0 Å². The highest BCUT2D eigenvalue weighted by molar-refractivity contribution is 5.76. The molecule has 21 heavy (non-hydrogen) atoms. The summed E-state index contributed by atoms with van der Waals surface area (Å²) in [7, 11) is 0. The van der Waals surface area contributed by atoms with E-state index in [1.807, 2.05) is 13.8 Å². The molecule has 6 heteroatoms. The average Bonchev–Trinajstić information content (AvgIpc) is 2.38. The molecular weight excluding hydrogens is 268 g/mol. The maximum Gasteiger partial charge on any atom is 0.239 e. The Kier molecular flexibility index (Phi) is 6.78. The Hall–Kier alpha value is -1.98. The van der Waals surface area contributed by atoms with Crippen LogP contribution in [-0.2, 0) is 4.79 Å². The van der Waals surface area contributed by atoms with Gasteiger partial charge in [0.2, 0.25) is 11.8 Å². The van der Waals surface area contributed by atoms with Crippen molar-refractivity contribution in [2.45, 2.75) is 40.2 Å². The van der Waals surface area contributed by atoms with E-state index in [-0.39, 0.29) is 11.9 Å². The Morgan fingerprint density at radius 2 is 2.05 bits per heavy atom. The molecule has 1 amide bonds. The highest BCUT2D eigenvalue weighted by atomic mass is 16.5. The normalized spacial score (nSPS) is 10.8. The first kappa shape index (κ1) is 17.1. The van der Waals surface area contributed by atoms with Crippen molar-refractivity contribution in [2.75, 3.05) is 24.2 Å². The van der Waals surface area contributed by atoms with Gasteiger partial charge in [0.1, 0.15) is 5.82 Å². The Morgan fingerprint density at radius 3 is 2.67 bits per heavy atom. The first-order valence-corrected chi connectivity index (χ1v) is 7.31. The number of nitrogens with zero attached hydrogens (tertiary/aromatic N) is 1. The quantitative estimate of drug-likeness (QED) is 0.682. The van der Waals surface area contributed by atoms with Crippen LogP contribution in [0.25, 0.3) is 0 Å². The van der Waals surface area contributed by atoms with Gasteiger partial charge in [0, 0.05) is 19.0 Å². The topological polar surface area (TPSA) is 89.3 Å². The Balaban J connectivity index is 2.48.